The van der Waals surface area contributed by atoms with Crippen LogP contribution in [0, 0.1) is 21.4 Å². The maximum atomic E-state index is 12.8. The van der Waals surface area contributed by atoms with Crippen LogP contribution in [0.1, 0.15) is 19.4 Å². The summed E-state index contributed by atoms with van der Waals surface area (Å²) in [4.78, 5) is 26.5. The average Bonchev–Trinajstić information content (AvgIpc) is 3.22. The van der Waals surface area contributed by atoms with Crippen molar-refractivity contribution in [3.05, 3.63) is 69.8 Å². The number of carbonyl (C=O) groups is 1. The third-order valence-corrected chi connectivity index (χ3v) is 7.21. The summed E-state index contributed by atoms with van der Waals surface area (Å²) in [5.41, 5.74) is -0.580. The Bertz CT molecular complexity index is 1430. The number of amidine groups is 2. The van der Waals surface area contributed by atoms with Crippen LogP contribution in [0.4, 0.5) is 5.69 Å². The van der Waals surface area contributed by atoms with Crippen molar-refractivity contribution in [1.29, 1.82) is 5.41 Å². The Labute approximate surface area is 198 Å². The van der Waals surface area contributed by atoms with E-state index in [4.69, 9.17) is 9.59 Å². The third kappa shape index (κ3) is 4.34. The Morgan fingerprint density at radius 2 is 1.85 bits per heavy atom. The molecule has 0 unspecified atom stereocenters. The van der Waals surface area contributed by atoms with Gasteiger partial charge in [-0.1, -0.05) is 44.2 Å². The first-order valence-corrected chi connectivity index (χ1v) is 12.1. The van der Waals surface area contributed by atoms with E-state index in [1.807, 2.05) is 13.8 Å². The molecule has 0 bridgehead atoms. The number of hydrogen-bond donors (Lipinski definition) is 1. The van der Waals surface area contributed by atoms with Gasteiger partial charge in [-0.15, -0.1) is 0 Å². The maximum absolute atomic E-state index is 12.8. The number of aliphatic imine (C=N–C) groups is 1. The molecule has 0 saturated heterocycles. The number of thioether (sulfide) groups is 1. The van der Waals surface area contributed by atoms with Crippen LogP contribution in [-0.4, -0.2) is 40.3 Å². The van der Waals surface area contributed by atoms with Crippen LogP contribution in [0.3, 0.4) is 0 Å². The lowest BCUT2D eigenvalue weighted by Gasteiger charge is -2.20. The molecule has 34 heavy (non-hydrogen) atoms. The molecule has 13 heteroatoms. The summed E-state index contributed by atoms with van der Waals surface area (Å²) < 4.78 is 30.9. The Hall–Kier alpha value is -3.84. The molecule has 0 radical (unpaired) electrons. The van der Waals surface area contributed by atoms with E-state index in [1.165, 1.54) is 53.2 Å². The number of nitrogens with zero attached hydrogens (tertiary/aromatic N) is 4. The van der Waals surface area contributed by atoms with Gasteiger partial charge in [0.15, 0.2) is 10.7 Å². The smallest absolute Gasteiger partial charge is 0.346 e. The summed E-state index contributed by atoms with van der Waals surface area (Å²) in [6.07, 6.45) is 1.28. The monoisotopic (exact) mass is 499 g/mol. The van der Waals surface area contributed by atoms with Crippen LogP contribution in [-0.2, 0) is 14.9 Å². The van der Waals surface area contributed by atoms with E-state index in [9.17, 15) is 23.3 Å². The lowest BCUT2D eigenvalue weighted by molar-refractivity contribution is -0.387. The van der Waals surface area contributed by atoms with Crippen LogP contribution in [0.5, 0.6) is 5.75 Å². The summed E-state index contributed by atoms with van der Waals surface area (Å²) in [6, 6.07) is 10.7. The highest BCUT2D eigenvalue weighted by atomic mass is 32.2. The Kier molecular flexibility index (Phi) is 6.06. The second kappa shape index (κ2) is 8.83. The molecule has 2 heterocycles. The molecule has 4 rings (SSSR count). The third-order valence-electron chi connectivity index (χ3n) is 4.71. The van der Waals surface area contributed by atoms with Gasteiger partial charge in [0.05, 0.1) is 10.5 Å². The normalized spacial score (nSPS) is 17.0. The Balaban J connectivity index is 1.71. The summed E-state index contributed by atoms with van der Waals surface area (Å²) in [6.45, 7) is 3.86. The van der Waals surface area contributed by atoms with Crippen molar-refractivity contribution in [3.8, 4) is 5.75 Å². The first kappa shape index (κ1) is 23.3. The molecule has 11 nitrogen and oxygen atoms in total. The number of benzene rings is 2. The zero-order valence-corrected chi connectivity index (χ0v) is 19.5. The van der Waals surface area contributed by atoms with Gasteiger partial charge < -0.3 is 4.18 Å². The number of fused-ring (bicyclic) bond motifs is 1. The first-order valence-electron chi connectivity index (χ1n) is 9.85. The standard InChI is InChI=1S/C21H17N5O6S2/c1-12(2)20-24-25-18(22)14(19(27)23-21(25)33-20)11-13-7-3-5-9-16(13)32-34(30,31)17-10-6-4-8-15(17)26(28)29/h3-12,22H,1-2H3/b14-11+,22-18?. The summed E-state index contributed by atoms with van der Waals surface area (Å²) in [5, 5.41) is 26.3. The molecule has 0 atom stereocenters. The van der Waals surface area contributed by atoms with Gasteiger partial charge in [0, 0.05) is 17.5 Å². The van der Waals surface area contributed by atoms with Gasteiger partial charge in [0.25, 0.3) is 11.6 Å². The van der Waals surface area contributed by atoms with E-state index < -0.39 is 31.5 Å². The van der Waals surface area contributed by atoms with Gasteiger partial charge in [-0.25, -0.2) is 0 Å². The highest BCUT2D eigenvalue weighted by Gasteiger charge is 2.36. The largest absolute Gasteiger partial charge is 0.378 e. The van der Waals surface area contributed by atoms with Crippen LogP contribution in [0.15, 0.2) is 69.1 Å². The quantitative estimate of drug-likeness (QED) is 0.273. The zero-order chi connectivity index (χ0) is 24.6. The van der Waals surface area contributed by atoms with Crippen LogP contribution >= 0.6 is 11.8 Å². The van der Waals surface area contributed by atoms with Gasteiger partial charge in [0.1, 0.15) is 10.8 Å². The zero-order valence-electron chi connectivity index (χ0n) is 17.8. The minimum atomic E-state index is -4.58. The molecular weight excluding hydrogens is 482 g/mol. The fourth-order valence-corrected chi connectivity index (χ4v) is 5.07. The molecule has 1 amide bonds. The number of rotatable bonds is 6. The van der Waals surface area contributed by atoms with E-state index in [2.05, 4.69) is 10.1 Å². The lowest BCUT2D eigenvalue weighted by Crippen LogP contribution is -2.35. The summed E-state index contributed by atoms with van der Waals surface area (Å²) in [7, 11) is -4.58. The fourth-order valence-electron chi connectivity index (χ4n) is 3.05. The van der Waals surface area contributed by atoms with Crippen molar-refractivity contribution in [2.45, 2.75) is 18.7 Å². The van der Waals surface area contributed by atoms with E-state index >= 15 is 0 Å². The molecule has 2 aromatic rings. The minimum absolute atomic E-state index is 0.0787. The van der Waals surface area contributed by atoms with Gasteiger partial charge in [-0.05, 0) is 30.0 Å². The second-order valence-electron chi connectivity index (χ2n) is 7.41. The predicted molar refractivity (Wildman–Crippen MR) is 127 cm³/mol. The van der Waals surface area contributed by atoms with E-state index in [0.717, 1.165) is 12.1 Å². The lowest BCUT2D eigenvalue weighted by atomic mass is 10.1. The molecule has 0 fully saturated rings. The molecule has 0 spiro atoms. The Morgan fingerprint density at radius 1 is 1.18 bits per heavy atom. The minimum Gasteiger partial charge on any atom is -0.378 e. The highest BCUT2D eigenvalue weighted by Crippen LogP contribution is 2.33. The Morgan fingerprint density at radius 3 is 2.56 bits per heavy atom. The van der Waals surface area contributed by atoms with Crippen molar-refractivity contribution in [3.63, 3.8) is 0 Å². The SMILES string of the molecule is CC(C)C1=NN2C(=N)/C(=C\c3ccccc3OS(=O)(=O)c3ccccc3[N+](=O)[O-])C(=O)N=C2S1. The van der Waals surface area contributed by atoms with Crippen molar-refractivity contribution < 1.29 is 22.3 Å². The molecule has 0 saturated carbocycles. The van der Waals surface area contributed by atoms with Crippen molar-refractivity contribution in [2.75, 3.05) is 0 Å². The number of nitro benzene ring substituents is 1. The van der Waals surface area contributed by atoms with Crippen LogP contribution in [0.25, 0.3) is 6.08 Å². The molecule has 2 aliphatic rings. The van der Waals surface area contributed by atoms with Crippen LogP contribution in [0.2, 0.25) is 0 Å². The van der Waals surface area contributed by atoms with Crippen LogP contribution < -0.4 is 4.18 Å². The molecule has 174 valence electrons. The molecule has 0 aromatic heterocycles. The van der Waals surface area contributed by atoms with E-state index in [1.54, 1.807) is 6.07 Å². The van der Waals surface area contributed by atoms with Crippen molar-refractivity contribution >= 4 is 55.6 Å². The molecular formula is C21H17N5O6S2. The molecule has 2 aromatic carbocycles. The molecule has 2 aliphatic heterocycles. The second-order valence-corrected chi connectivity index (χ2v) is 9.92. The maximum Gasteiger partial charge on any atom is 0.346 e. The molecule has 0 aliphatic carbocycles. The number of nitro groups is 1. The van der Waals surface area contributed by atoms with E-state index in [-0.39, 0.29) is 33.8 Å². The van der Waals surface area contributed by atoms with Gasteiger partial charge in [-0.3, -0.25) is 20.3 Å². The van der Waals surface area contributed by atoms with Crippen molar-refractivity contribution in [1.82, 2.24) is 5.01 Å². The first-order chi connectivity index (χ1) is 16.1. The van der Waals surface area contributed by atoms with Gasteiger partial charge in [0.2, 0.25) is 5.17 Å². The number of nitrogens with one attached hydrogen (secondary N) is 1. The summed E-state index contributed by atoms with van der Waals surface area (Å²) in [5.74, 6) is -0.990. The number of para-hydroxylation sites is 2. The highest BCUT2D eigenvalue weighted by molar-refractivity contribution is 8.27. The van der Waals surface area contributed by atoms with Crippen molar-refractivity contribution in [2.24, 2.45) is 16.0 Å². The topological polar surface area (TPSA) is 155 Å². The molecule has 1 N–H and O–H groups in total. The number of amides is 1. The average molecular weight is 500 g/mol. The number of hydrazone groups is 1. The van der Waals surface area contributed by atoms with Gasteiger partial charge >= 0.3 is 10.1 Å². The number of hydrogen-bond acceptors (Lipinski definition) is 9. The number of carbonyl (C=O) groups excluding carboxylic acids is 1. The van der Waals surface area contributed by atoms with Gasteiger partial charge in [-0.2, -0.15) is 23.5 Å². The summed E-state index contributed by atoms with van der Waals surface area (Å²) >= 11 is 1.21. The van der Waals surface area contributed by atoms with E-state index in [0.29, 0.717) is 5.04 Å². The predicted octanol–water partition coefficient (Wildman–Crippen LogP) is 3.64. The fraction of sp³-hybridized carbons (Fsp3) is 0.143.